The second-order valence-corrected chi connectivity index (χ2v) is 6.37. The predicted molar refractivity (Wildman–Crippen MR) is 124 cm³/mol. The SMILES string of the molecule is CN=C(NCc1ccccc1OC)NCC(C)N(C)Cc1ccccc1.I. The maximum atomic E-state index is 5.39. The number of nitrogens with one attached hydrogen (secondary N) is 2. The minimum atomic E-state index is 0. The second-order valence-electron chi connectivity index (χ2n) is 6.37. The van der Waals surface area contributed by atoms with Crippen LogP contribution < -0.4 is 15.4 Å². The van der Waals surface area contributed by atoms with Crippen LogP contribution in [0.2, 0.25) is 0 Å². The molecule has 0 aliphatic heterocycles. The van der Waals surface area contributed by atoms with Crippen molar-refractivity contribution in [3.05, 3.63) is 65.7 Å². The third kappa shape index (κ3) is 7.76. The maximum Gasteiger partial charge on any atom is 0.191 e. The number of aliphatic imine (C=N–C) groups is 1. The Morgan fingerprint density at radius 3 is 2.41 bits per heavy atom. The molecule has 2 rings (SSSR count). The molecular formula is C21H31IN4O. The second kappa shape index (κ2) is 12.6. The summed E-state index contributed by atoms with van der Waals surface area (Å²) in [6.45, 7) is 4.62. The Labute approximate surface area is 180 Å². The smallest absolute Gasteiger partial charge is 0.191 e. The van der Waals surface area contributed by atoms with E-state index in [9.17, 15) is 0 Å². The van der Waals surface area contributed by atoms with E-state index < -0.39 is 0 Å². The van der Waals surface area contributed by atoms with Crippen molar-refractivity contribution in [3.8, 4) is 5.75 Å². The van der Waals surface area contributed by atoms with Crippen molar-refractivity contribution in [1.82, 2.24) is 15.5 Å². The van der Waals surface area contributed by atoms with E-state index in [1.54, 1.807) is 14.2 Å². The van der Waals surface area contributed by atoms with Gasteiger partial charge in [-0.25, -0.2) is 0 Å². The Hall–Kier alpha value is -1.80. The number of rotatable bonds is 8. The fourth-order valence-electron chi connectivity index (χ4n) is 2.68. The molecule has 0 aliphatic rings. The molecule has 0 aromatic heterocycles. The van der Waals surface area contributed by atoms with Crippen LogP contribution in [0.4, 0.5) is 0 Å². The van der Waals surface area contributed by atoms with E-state index in [0.717, 1.165) is 30.4 Å². The highest BCUT2D eigenvalue weighted by molar-refractivity contribution is 14.0. The molecule has 5 nitrogen and oxygen atoms in total. The monoisotopic (exact) mass is 482 g/mol. The molecule has 1 atom stereocenters. The Morgan fingerprint density at radius 1 is 1.07 bits per heavy atom. The summed E-state index contributed by atoms with van der Waals surface area (Å²) >= 11 is 0. The first-order valence-corrected chi connectivity index (χ1v) is 8.94. The lowest BCUT2D eigenvalue weighted by molar-refractivity contribution is 0.249. The van der Waals surface area contributed by atoms with E-state index in [-0.39, 0.29) is 24.0 Å². The number of nitrogens with zero attached hydrogens (tertiary/aromatic N) is 2. The zero-order valence-electron chi connectivity index (χ0n) is 16.6. The van der Waals surface area contributed by atoms with Gasteiger partial charge < -0.3 is 15.4 Å². The fraction of sp³-hybridized carbons (Fsp3) is 0.381. The van der Waals surface area contributed by atoms with Crippen LogP contribution in [-0.2, 0) is 13.1 Å². The Balaban J connectivity index is 0.00000364. The molecule has 148 valence electrons. The number of hydrogen-bond donors (Lipinski definition) is 2. The maximum absolute atomic E-state index is 5.39. The van der Waals surface area contributed by atoms with Crippen LogP contribution in [0.3, 0.4) is 0 Å². The van der Waals surface area contributed by atoms with Crippen molar-refractivity contribution in [3.63, 3.8) is 0 Å². The third-order valence-corrected chi connectivity index (χ3v) is 4.45. The number of methoxy groups -OCH3 is 1. The molecular weight excluding hydrogens is 451 g/mol. The first-order chi connectivity index (χ1) is 12.6. The fourth-order valence-corrected chi connectivity index (χ4v) is 2.68. The standard InChI is InChI=1S/C21H30N4O.HI/c1-17(25(3)16-18-10-6-5-7-11-18)14-23-21(22-2)24-15-19-12-8-9-13-20(19)26-4;/h5-13,17H,14-16H2,1-4H3,(H2,22,23,24);1H. The largest absolute Gasteiger partial charge is 0.496 e. The molecule has 0 radical (unpaired) electrons. The number of halogens is 1. The van der Waals surface area contributed by atoms with Gasteiger partial charge in [0, 0.05) is 38.3 Å². The highest BCUT2D eigenvalue weighted by atomic mass is 127. The van der Waals surface area contributed by atoms with Gasteiger partial charge >= 0.3 is 0 Å². The number of para-hydroxylation sites is 1. The van der Waals surface area contributed by atoms with E-state index in [4.69, 9.17) is 4.74 Å². The molecule has 0 amide bonds. The van der Waals surface area contributed by atoms with Gasteiger partial charge in [-0.2, -0.15) is 0 Å². The number of likely N-dealkylation sites (N-methyl/N-ethyl adjacent to an activating group) is 1. The topological polar surface area (TPSA) is 48.9 Å². The van der Waals surface area contributed by atoms with Gasteiger partial charge in [0.15, 0.2) is 5.96 Å². The van der Waals surface area contributed by atoms with Gasteiger partial charge in [0.2, 0.25) is 0 Å². The van der Waals surface area contributed by atoms with Crippen molar-refractivity contribution < 1.29 is 4.74 Å². The Morgan fingerprint density at radius 2 is 1.74 bits per heavy atom. The minimum Gasteiger partial charge on any atom is -0.496 e. The summed E-state index contributed by atoms with van der Waals surface area (Å²) in [6.07, 6.45) is 0. The molecule has 2 aromatic rings. The van der Waals surface area contributed by atoms with E-state index in [1.165, 1.54) is 5.56 Å². The summed E-state index contributed by atoms with van der Waals surface area (Å²) in [6, 6.07) is 18.9. The summed E-state index contributed by atoms with van der Waals surface area (Å²) in [5.74, 6) is 1.67. The highest BCUT2D eigenvalue weighted by Crippen LogP contribution is 2.16. The Bertz CT molecular complexity index is 694. The van der Waals surface area contributed by atoms with Crippen molar-refractivity contribution in [2.24, 2.45) is 4.99 Å². The molecule has 27 heavy (non-hydrogen) atoms. The average Bonchev–Trinajstić information content (AvgIpc) is 2.68. The third-order valence-electron chi connectivity index (χ3n) is 4.45. The zero-order valence-corrected chi connectivity index (χ0v) is 18.9. The summed E-state index contributed by atoms with van der Waals surface area (Å²) in [4.78, 5) is 6.64. The molecule has 0 spiro atoms. The van der Waals surface area contributed by atoms with E-state index >= 15 is 0 Å². The number of guanidine groups is 1. The quantitative estimate of drug-likeness (QED) is 0.344. The molecule has 6 heteroatoms. The molecule has 2 aromatic carbocycles. The average molecular weight is 482 g/mol. The van der Waals surface area contributed by atoms with Gasteiger partial charge in [-0.05, 0) is 25.6 Å². The highest BCUT2D eigenvalue weighted by Gasteiger charge is 2.10. The lowest BCUT2D eigenvalue weighted by Crippen LogP contribution is -2.44. The summed E-state index contributed by atoms with van der Waals surface area (Å²) in [5, 5.41) is 6.74. The lowest BCUT2D eigenvalue weighted by atomic mass is 10.2. The molecule has 1 unspecified atom stereocenters. The molecule has 0 bridgehead atoms. The van der Waals surface area contributed by atoms with Gasteiger partial charge in [0.05, 0.1) is 7.11 Å². The van der Waals surface area contributed by atoms with Crippen LogP contribution in [0.25, 0.3) is 0 Å². The summed E-state index contributed by atoms with van der Waals surface area (Å²) < 4.78 is 5.39. The summed E-state index contributed by atoms with van der Waals surface area (Å²) in [7, 11) is 5.62. The number of ether oxygens (including phenoxy) is 1. The molecule has 0 fully saturated rings. The van der Waals surface area contributed by atoms with E-state index in [2.05, 4.69) is 64.8 Å². The first kappa shape index (κ1) is 23.2. The summed E-state index contributed by atoms with van der Waals surface area (Å²) in [5.41, 5.74) is 2.42. The van der Waals surface area contributed by atoms with Gasteiger partial charge in [0.1, 0.15) is 5.75 Å². The van der Waals surface area contributed by atoms with Crippen molar-refractivity contribution >= 4 is 29.9 Å². The van der Waals surface area contributed by atoms with Crippen molar-refractivity contribution in [1.29, 1.82) is 0 Å². The van der Waals surface area contributed by atoms with Gasteiger partial charge in [-0.1, -0.05) is 48.5 Å². The Kier molecular flexibility index (Phi) is 10.8. The van der Waals surface area contributed by atoms with Crippen LogP contribution in [0.15, 0.2) is 59.6 Å². The molecule has 0 saturated heterocycles. The first-order valence-electron chi connectivity index (χ1n) is 8.94. The zero-order chi connectivity index (χ0) is 18.8. The van der Waals surface area contributed by atoms with Crippen molar-refractivity contribution in [2.75, 3.05) is 27.7 Å². The van der Waals surface area contributed by atoms with Crippen LogP contribution in [0, 0.1) is 0 Å². The minimum absolute atomic E-state index is 0. The lowest BCUT2D eigenvalue weighted by Gasteiger charge is -2.26. The van der Waals surface area contributed by atoms with Crippen LogP contribution in [0.5, 0.6) is 5.75 Å². The number of hydrogen-bond acceptors (Lipinski definition) is 3. The molecule has 0 aliphatic carbocycles. The molecule has 0 saturated carbocycles. The van der Waals surface area contributed by atoms with Crippen LogP contribution in [0.1, 0.15) is 18.1 Å². The van der Waals surface area contributed by atoms with Gasteiger partial charge in [-0.3, -0.25) is 9.89 Å². The van der Waals surface area contributed by atoms with Gasteiger partial charge in [-0.15, -0.1) is 24.0 Å². The van der Waals surface area contributed by atoms with Crippen molar-refractivity contribution in [2.45, 2.75) is 26.1 Å². The van der Waals surface area contributed by atoms with E-state index in [1.807, 2.05) is 24.3 Å². The predicted octanol–water partition coefficient (Wildman–Crippen LogP) is 3.50. The molecule has 0 heterocycles. The normalized spacial score (nSPS) is 12.3. The van der Waals surface area contributed by atoms with E-state index in [0.29, 0.717) is 12.6 Å². The van der Waals surface area contributed by atoms with Crippen LogP contribution in [-0.4, -0.2) is 44.7 Å². The van der Waals surface area contributed by atoms with Gasteiger partial charge in [0.25, 0.3) is 0 Å². The van der Waals surface area contributed by atoms with Crippen LogP contribution >= 0.6 is 24.0 Å². The number of benzene rings is 2. The molecule has 2 N–H and O–H groups in total.